The predicted octanol–water partition coefficient (Wildman–Crippen LogP) is 5.75. The summed E-state index contributed by atoms with van der Waals surface area (Å²) < 4.78 is 39.0. The highest BCUT2D eigenvalue weighted by Gasteiger charge is 2.30. The standard InChI is InChI=1S/C21H24F3N3O3S2/c22-21(23,24)15-8-6-14(7-9-15)10-11-27(16-4-2-1-3-5-16)20(30)26-19-25-12-18(32-19)31-13-17(28)29/h6-9,12,16H,1-5,10-11,13H2,(H,28,29)(H,25,26,30). The number of alkyl halides is 3. The molecule has 0 unspecified atom stereocenters. The lowest BCUT2D eigenvalue weighted by Gasteiger charge is -2.34. The predicted molar refractivity (Wildman–Crippen MR) is 118 cm³/mol. The van der Waals surface area contributed by atoms with E-state index in [-0.39, 0.29) is 17.8 Å². The summed E-state index contributed by atoms with van der Waals surface area (Å²) >= 11 is 2.34. The fourth-order valence-corrected chi connectivity index (χ4v) is 5.21. The maximum Gasteiger partial charge on any atom is 0.416 e. The van der Waals surface area contributed by atoms with E-state index in [9.17, 15) is 22.8 Å². The number of hydrogen-bond acceptors (Lipinski definition) is 5. The van der Waals surface area contributed by atoms with Gasteiger partial charge in [-0.1, -0.05) is 42.7 Å². The van der Waals surface area contributed by atoms with Gasteiger partial charge in [0.2, 0.25) is 0 Å². The number of rotatable bonds is 8. The molecular formula is C21H24F3N3O3S2. The van der Waals surface area contributed by atoms with Gasteiger partial charge >= 0.3 is 18.2 Å². The van der Waals surface area contributed by atoms with Crippen LogP contribution in [0, 0.1) is 0 Å². The Hall–Kier alpha value is -2.27. The van der Waals surface area contributed by atoms with Crippen molar-refractivity contribution in [1.82, 2.24) is 9.88 Å². The number of aliphatic carboxylic acids is 1. The summed E-state index contributed by atoms with van der Waals surface area (Å²) in [5.41, 5.74) is 0.0386. The van der Waals surface area contributed by atoms with Gasteiger partial charge in [-0.3, -0.25) is 10.1 Å². The van der Waals surface area contributed by atoms with Crippen LogP contribution in [0.1, 0.15) is 43.2 Å². The van der Waals surface area contributed by atoms with Crippen molar-refractivity contribution >= 4 is 40.2 Å². The van der Waals surface area contributed by atoms with Crippen molar-refractivity contribution in [2.75, 3.05) is 17.6 Å². The molecule has 1 fully saturated rings. The van der Waals surface area contributed by atoms with Crippen molar-refractivity contribution in [3.63, 3.8) is 0 Å². The number of urea groups is 1. The van der Waals surface area contributed by atoms with Gasteiger partial charge in [-0.2, -0.15) is 13.2 Å². The largest absolute Gasteiger partial charge is 0.481 e. The molecular weight excluding hydrogens is 463 g/mol. The van der Waals surface area contributed by atoms with E-state index in [1.807, 2.05) is 0 Å². The van der Waals surface area contributed by atoms with Crippen molar-refractivity contribution in [3.8, 4) is 0 Å². The van der Waals surface area contributed by atoms with E-state index in [2.05, 4.69) is 10.3 Å². The zero-order valence-electron chi connectivity index (χ0n) is 17.2. The summed E-state index contributed by atoms with van der Waals surface area (Å²) in [4.78, 5) is 29.6. The van der Waals surface area contributed by atoms with Gasteiger partial charge in [0.25, 0.3) is 0 Å². The Morgan fingerprint density at radius 3 is 2.50 bits per heavy atom. The molecule has 1 aliphatic rings. The first kappa shape index (κ1) is 24.4. The quantitative estimate of drug-likeness (QED) is 0.464. The van der Waals surface area contributed by atoms with Crippen LogP contribution in [0.15, 0.2) is 34.7 Å². The molecule has 2 amide bonds. The number of carboxylic acid groups (broad SMARTS) is 1. The number of thioether (sulfide) groups is 1. The number of halogens is 3. The van der Waals surface area contributed by atoms with Gasteiger partial charge in [0, 0.05) is 12.6 Å². The number of nitrogens with one attached hydrogen (secondary N) is 1. The summed E-state index contributed by atoms with van der Waals surface area (Å²) in [5.74, 6) is -1.02. The Morgan fingerprint density at radius 1 is 1.19 bits per heavy atom. The lowest BCUT2D eigenvalue weighted by atomic mass is 9.94. The molecule has 11 heteroatoms. The Balaban J connectivity index is 1.64. The van der Waals surface area contributed by atoms with E-state index in [0.717, 1.165) is 61.6 Å². The van der Waals surface area contributed by atoms with Crippen LogP contribution in [-0.2, 0) is 17.4 Å². The SMILES string of the molecule is O=C(O)CSc1cnc(NC(=O)N(CCc2ccc(C(F)(F)F)cc2)C2CCCCC2)s1. The number of anilines is 1. The molecule has 0 saturated heterocycles. The topological polar surface area (TPSA) is 82.5 Å². The molecule has 0 radical (unpaired) electrons. The Morgan fingerprint density at radius 2 is 1.88 bits per heavy atom. The second kappa shape index (κ2) is 11.0. The zero-order chi connectivity index (χ0) is 23.1. The third-order valence-electron chi connectivity index (χ3n) is 5.24. The van der Waals surface area contributed by atoms with Crippen LogP contribution in [0.3, 0.4) is 0 Å². The highest BCUT2D eigenvalue weighted by atomic mass is 32.2. The van der Waals surface area contributed by atoms with E-state index in [1.165, 1.54) is 29.7 Å². The molecule has 2 N–H and O–H groups in total. The molecule has 32 heavy (non-hydrogen) atoms. The smallest absolute Gasteiger partial charge is 0.416 e. The van der Waals surface area contributed by atoms with Gasteiger partial charge in [0.15, 0.2) is 5.13 Å². The molecule has 1 aromatic carbocycles. The maximum absolute atomic E-state index is 13.0. The molecule has 0 atom stereocenters. The summed E-state index contributed by atoms with van der Waals surface area (Å²) in [6, 6.07) is 4.80. The van der Waals surface area contributed by atoms with Crippen molar-refractivity contribution in [3.05, 3.63) is 41.6 Å². The molecule has 1 aromatic heterocycles. The molecule has 1 aliphatic carbocycles. The molecule has 3 rings (SSSR count). The van der Waals surface area contributed by atoms with E-state index < -0.39 is 17.7 Å². The molecule has 6 nitrogen and oxygen atoms in total. The van der Waals surface area contributed by atoms with Crippen LogP contribution in [0.25, 0.3) is 0 Å². The first-order valence-corrected chi connectivity index (χ1v) is 12.1. The van der Waals surface area contributed by atoms with Crippen molar-refractivity contribution < 1.29 is 27.9 Å². The van der Waals surface area contributed by atoms with Crippen molar-refractivity contribution in [2.24, 2.45) is 0 Å². The third kappa shape index (κ3) is 7.13. The lowest BCUT2D eigenvalue weighted by Crippen LogP contribution is -2.45. The average molecular weight is 488 g/mol. The van der Waals surface area contributed by atoms with Crippen LogP contribution in [0.2, 0.25) is 0 Å². The maximum atomic E-state index is 13.0. The number of amides is 2. The fourth-order valence-electron chi connectivity index (χ4n) is 3.63. The first-order valence-electron chi connectivity index (χ1n) is 10.3. The van der Waals surface area contributed by atoms with Crippen LogP contribution in [0.5, 0.6) is 0 Å². The molecule has 0 bridgehead atoms. The van der Waals surface area contributed by atoms with E-state index in [0.29, 0.717) is 22.3 Å². The van der Waals surface area contributed by atoms with Crippen LogP contribution in [0.4, 0.5) is 23.1 Å². The van der Waals surface area contributed by atoms with Gasteiger partial charge < -0.3 is 10.0 Å². The fraction of sp³-hybridized carbons (Fsp3) is 0.476. The summed E-state index contributed by atoms with van der Waals surface area (Å²) in [6.07, 6.45) is 2.56. The molecule has 2 aromatic rings. The number of carbonyl (C=O) groups is 2. The Kier molecular flexibility index (Phi) is 8.41. The highest BCUT2D eigenvalue weighted by Crippen LogP contribution is 2.30. The second-order valence-electron chi connectivity index (χ2n) is 7.53. The minimum absolute atomic E-state index is 0.0685. The zero-order valence-corrected chi connectivity index (χ0v) is 18.9. The first-order chi connectivity index (χ1) is 15.2. The van der Waals surface area contributed by atoms with E-state index in [1.54, 1.807) is 4.90 Å². The van der Waals surface area contributed by atoms with Crippen molar-refractivity contribution in [2.45, 2.75) is 55.0 Å². The van der Waals surface area contributed by atoms with Crippen molar-refractivity contribution in [1.29, 1.82) is 0 Å². The highest BCUT2D eigenvalue weighted by molar-refractivity contribution is 8.01. The molecule has 0 aliphatic heterocycles. The minimum Gasteiger partial charge on any atom is -0.481 e. The third-order valence-corrected chi connectivity index (χ3v) is 7.33. The number of thiazole rings is 1. The Bertz CT molecular complexity index is 913. The van der Waals surface area contributed by atoms with E-state index >= 15 is 0 Å². The minimum atomic E-state index is -4.37. The number of benzene rings is 1. The summed E-state index contributed by atoms with van der Waals surface area (Å²) in [5, 5.41) is 12.0. The Labute approximate surface area is 192 Å². The monoisotopic (exact) mass is 487 g/mol. The number of hydrogen-bond donors (Lipinski definition) is 2. The molecule has 174 valence electrons. The van der Waals surface area contributed by atoms with Crippen LogP contribution >= 0.6 is 23.1 Å². The average Bonchev–Trinajstić information content (AvgIpc) is 3.20. The number of aromatic nitrogens is 1. The van der Waals surface area contributed by atoms with Crippen LogP contribution in [-0.4, -0.2) is 45.3 Å². The van der Waals surface area contributed by atoms with Gasteiger partial charge in [-0.25, -0.2) is 9.78 Å². The molecule has 1 saturated carbocycles. The van der Waals surface area contributed by atoms with Gasteiger partial charge in [-0.05, 0) is 37.0 Å². The van der Waals surface area contributed by atoms with Crippen LogP contribution < -0.4 is 5.32 Å². The number of nitrogens with zero attached hydrogens (tertiary/aromatic N) is 2. The van der Waals surface area contributed by atoms with E-state index in [4.69, 9.17) is 5.11 Å². The van der Waals surface area contributed by atoms with Gasteiger partial charge in [0.1, 0.15) is 0 Å². The normalized spacial score (nSPS) is 14.8. The number of carbonyl (C=O) groups excluding carboxylic acids is 1. The second-order valence-corrected chi connectivity index (χ2v) is 9.83. The summed E-state index contributed by atoms with van der Waals surface area (Å²) in [6.45, 7) is 0.383. The van der Waals surface area contributed by atoms with Gasteiger partial charge in [0.05, 0.1) is 21.7 Å². The number of carboxylic acids is 1. The van der Waals surface area contributed by atoms with Gasteiger partial charge in [-0.15, -0.1) is 11.8 Å². The molecule has 1 heterocycles. The lowest BCUT2D eigenvalue weighted by molar-refractivity contribution is -0.137. The summed E-state index contributed by atoms with van der Waals surface area (Å²) in [7, 11) is 0. The molecule has 0 spiro atoms.